The molecular formula is C9H8BNO3. The molecule has 70 valence electrons. The van der Waals surface area contributed by atoms with Gasteiger partial charge in [-0.15, -0.1) is 0 Å². The molecule has 2 aromatic rings. The van der Waals surface area contributed by atoms with E-state index in [-0.39, 0.29) is 11.2 Å². The van der Waals surface area contributed by atoms with Crippen LogP contribution in [0.2, 0.25) is 0 Å². The number of fused-ring (bicyclic) bond motifs is 1. The Hall–Kier alpha value is -1.59. The van der Waals surface area contributed by atoms with Crippen molar-refractivity contribution in [3.8, 4) is 5.75 Å². The second kappa shape index (κ2) is 3.28. The van der Waals surface area contributed by atoms with Gasteiger partial charge in [0, 0.05) is 17.0 Å². The molecule has 0 atom stereocenters. The van der Waals surface area contributed by atoms with Crippen LogP contribution in [0.25, 0.3) is 10.9 Å². The van der Waals surface area contributed by atoms with Crippen molar-refractivity contribution in [3.63, 3.8) is 0 Å². The predicted molar refractivity (Wildman–Crippen MR) is 53.2 cm³/mol. The summed E-state index contributed by atoms with van der Waals surface area (Å²) < 4.78 is 0. The van der Waals surface area contributed by atoms with Gasteiger partial charge in [-0.05, 0) is 18.2 Å². The van der Waals surface area contributed by atoms with Gasteiger partial charge in [0.15, 0.2) is 0 Å². The molecule has 0 fully saturated rings. The molecule has 5 heteroatoms. The Kier molecular flexibility index (Phi) is 2.11. The van der Waals surface area contributed by atoms with Crippen LogP contribution < -0.4 is 5.46 Å². The topological polar surface area (TPSA) is 73.6 Å². The smallest absolute Gasteiger partial charge is 0.492 e. The van der Waals surface area contributed by atoms with Crippen molar-refractivity contribution in [1.82, 2.24) is 4.98 Å². The molecule has 0 aliphatic heterocycles. The summed E-state index contributed by atoms with van der Waals surface area (Å²) in [6.07, 6.45) is 1.60. The van der Waals surface area contributed by atoms with Crippen molar-refractivity contribution in [3.05, 3.63) is 30.5 Å². The summed E-state index contributed by atoms with van der Waals surface area (Å²) in [5.41, 5.74) is 0.685. The van der Waals surface area contributed by atoms with E-state index in [1.807, 2.05) is 0 Å². The van der Waals surface area contributed by atoms with Crippen LogP contribution in [0.15, 0.2) is 30.5 Å². The Morgan fingerprint density at radius 3 is 2.71 bits per heavy atom. The number of hydrogen-bond donors (Lipinski definition) is 3. The maximum atomic E-state index is 9.43. The lowest BCUT2D eigenvalue weighted by Gasteiger charge is -2.04. The largest absolute Gasteiger partial charge is 0.508 e. The average Bonchev–Trinajstić information content (AvgIpc) is 2.16. The number of nitrogens with zero attached hydrogens (tertiary/aromatic N) is 1. The Bertz CT molecular complexity index is 473. The van der Waals surface area contributed by atoms with E-state index in [4.69, 9.17) is 10.0 Å². The van der Waals surface area contributed by atoms with Crippen LogP contribution in [0, 0.1) is 0 Å². The van der Waals surface area contributed by atoms with Gasteiger partial charge < -0.3 is 15.2 Å². The summed E-state index contributed by atoms with van der Waals surface area (Å²) >= 11 is 0. The fraction of sp³-hybridized carbons (Fsp3) is 0. The molecule has 4 nitrogen and oxygen atoms in total. The molecule has 1 aromatic carbocycles. The minimum Gasteiger partial charge on any atom is -0.508 e. The molecule has 2 rings (SSSR count). The van der Waals surface area contributed by atoms with Crippen molar-refractivity contribution >= 4 is 23.5 Å². The summed E-state index contributed by atoms with van der Waals surface area (Å²) in [5.74, 6) is -0.138. The lowest BCUT2D eigenvalue weighted by Crippen LogP contribution is -2.30. The monoisotopic (exact) mass is 189 g/mol. The summed E-state index contributed by atoms with van der Waals surface area (Å²) in [7, 11) is -1.68. The molecule has 3 N–H and O–H groups in total. The number of hydrogen-bond acceptors (Lipinski definition) is 4. The van der Waals surface area contributed by atoms with Gasteiger partial charge in [-0.2, -0.15) is 0 Å². The van der Waals surface area contributed by atoms with Gasteiger partial charge in [-0.25, -0.2) is 0 Å². The number of pyridine rings is 1. The van der Waals surface area contributed by atoms with Gasteiger partial charge in [0.2, 0.25) is 0 Å². The normalized spacial score (nSPS) is 10.4. The van der Waals surface area contributed by atoms with E-state index >= 15 is 0 Å². The van der Waals surface area contributed by atoms with Gasteiger partial charge >= 0.3 is 7.12 Å². The van der Waals surface area contributed by atoms with Crippen molar-refractivity contribution in [2.75, 3.05) is 0 Å². The van der Waals surface area contributed by atoms with Crippen molar-refractivity contribution in [2.45, 2.75) is 0 Å². The van der Waals surface area contributed by atoms with Crippen LogP contribution in [0.1, 0.15) is 0 Å². The third kappa shape index (κ3) is 1.43. The SMILES string of the molecule is OB(O)c1cc2ncccc2cc1O. The van der Waals surface area contributed by atoms with Crippen LogP contribution in [-0.2, 0) is 0 Å². The van der Waals surface area contributed by atoms with Crippen LogP contribution in [-0.4, -0.2) is 27.3 Å². The van der Waals surface area contributed by atoms with E-state index in [1.54, 1.807) is 18.3 Å². The first-order valence-electron chi connectivity index (χ1n) is 4.12. The zero-order chi connectivity index (χ0) is 10.1. The van der Waals surface area contributed by atoms with Crippen LogP contribution in [0.4, 0.5) is 0 Å². The Balaban J connectivity index is 2.71. The molecule has 0 aliphatic rings. The van der Waals surface area contributed by atoms with E-state index in [0.717, 1.165) is 5.39 Å². The minimum atomic E-state index is -1.68. The molecular weight excluding hydrogens is 181 g/mol. The van der Waals surface area contributed by atoms with E-state index in [0.29, 0.717) is 5.52 Å². The second-order valence-corrected chi connectivity index (χ2v) is 2.98. The van der Waals surface area contributed by atoms with Crippen molar-refractivity contribution < 1.29 is 15.2 Å². The number of benzene rings is 1. The first-order valence-corrected chi connectivity index (χ1v) is 4.12. The third-order valence-corrected chi connectivity index (χ3v) is 2.03. The van der Waals surface area contributed by atoms with E-state index in [1.165, 1.54) is 12.1 Å². The Morgan fingerprint density at radius 2 is 2.00 bits per heavy atom. The number of phenolic OH excluding ortho intramolecular Hbond substituents is 1. The molecule has 0 saturated carbocycles. The molecule has 14 heavy (non-hydrogen) atoms. The van der Waals surface area contributed by atoms with Gasteiger partial charge in [-0.1, -0.05) is 6.07 Å². The fourth-order valence-electron chi connectivity index (χ4n) is 1.33. The minimum absolute atomic E-state index is 0.0659. The highest BCUT2D eigenvalue weighted by molar-refractivity contribution is 6.60. The zero-order valence-corrected chi connectivity index (χ0v) is 7.25. The first-order chi connectivity index (χ1) is 6.68. The molecule has 1 heterocycles. The molecule has 0 amide bonds. The quantitative estimate of drug-likeness (QED) is 0.534. The van der Waals surface area contributed by atoms with Gasteiger partial charge in [0.25, 0.3) is 0 Å². The molecule has 0 radical (unpaired) electrons. The molecule has 0 unspecified atom stereocenters. The average molecular weight is 189 g/mol. The zero-order valence-electron chi connectivity index (χ0n) is 7.25. The van der Waals surface area contributed by atoms with Gasteiger partial charge in [0.05, 0.1) is 5.52 Å². The number of rotatable bonds is 1. The summed E-state index contributed by atoms with van der Waals surface area (Å²) in [6, 6.07) is 6.44. The summed E-state index contributed by atoms with van der Waals surface area (Å²) in [6.45, 7) is 0. The lowest BCUT2D eigenvalue weighted by atomic mass is 9.79. The van der Waals surface area contributed by atoms with Gasteiger partial charge in [0.1, 0.15) is 5.75 Å². The second-order valence-electron chi connectivity index (χ2n) is 2.98. The Morgan fingerprint density at radius 1 is 1.21 bits per heavy atom. The highest BCUT2D eigenvalue weighted by Gasteiger charge is 2.16. The number of aromatic hydroxyl groups is 1. The third-order valence-electron chi connectivity index (χ3n) is 2.03. The van der Waals surface area contributed by atoms with E-state index < -0.39 is 7.12 Å². The van der Waals surface area contributed by atoms with Crippen molar-refractivity contribution in [1.29, 1.82) is 0 Å². The van der Waals surface area contributed by atoms with Crippen LogP contribution >= 0.6 is 0 Å². The maximum Gasteiger partial charge on any atom is 0.492 e. The molecule has 1 aromatic heterocycles. The maximum absolute atomic E-state index is 9.43. The molecule has 0 aliphatic carbocycles. The lowest BCUT2D eigenvalue weighted by molar-refractivity contribution is 0.420. The van der Waals surface area contributed by atoms with Gasteiger partial charge in [-0.3, -0.25) is 4.98 Å². The van der Waals surface area contributed by atoms with Crippen LogP contribution in [0.3, 0.4) is 0 Å². The first kappa shape index (κ1) is 8.99. The number of phenols is 1. The molecule has 0 saturated heterocycles. The van der Waals surface area contributed by atoms with E-state index in [2.05, 4.69) is 4.98 Å². The standard InChI is InChI=1S/C9H8BNO3/c12-9-4-6-2-1-3-11-8(6)5-7(9)10(13)14/h1-5,12-14H. The highest BCUT2D eigenvalue weighted by atomic mass is 16.4. The highest BCUT2D eigenvalue weighted by Crippen LogP contribution is 2.15. The van der Waals surface area contributed by atoms with E-state index in [9.17, 15) is 5.11 Å². The number of aromatic nitrogens is 1. The van der Waals surface area contributed by atoms with Crippen molar-refractivity contribution in [2.24, 2.45) is 0 Å². The summed E-state index contributed by atoms with van der Waals surface area (Å²) in [4.78, 5) is 4.03. The van der Waals surface area contributed by atoms with Crippen LogP contribution in [0.5, 0.6) is 5.75 Å². The Labute approximate surface area is 80.6 Å². The summed E-state index contributed by atoms with van der Waals surface area (Å²) in [5, 5.41) is 28.1. The fourth-order valence-corrected chi connectivity index (χ4v) is 1.33. The molecule has 0 spiro atoms. The predicted octanol–water partition coefficient (Wildman–Crippen LogP) is -0.380. The molecule has 0 bridgehead atoms.